The van der Waals surface area contributed by atoms with Crippen LogP contribution in [0.4, 0.5) is 0 Å². The van der Waals surface area contributed by atoms with Crippen molar-refractivity contribution in [1.82, 2.24) is 0 Å². The van der Waals surface area contributed by atoms with Crippen LogP contribution in [0.3, 0.4) is 0 Å². The zero-order valence-corrected chi connectivity index (χ0v) is 12.6. The van der Waals surface area contributed by atoms with Crippen LogP contribution in [0.15, 0.2) is 30.3 Å². The SMILES string of the molecule is Cc1ccc2c(ccc(C)[n+]2CCCCS(=O)(=O)[O-])c1. The Balaban J connectivity index is 2.18. The standard InChI is InChI=1S/C15H19NO3S/c1-12-5-8-15-14(11-12)7-6-13(2)16(15)9-3-4-10-20(17,18)19/h5-8,11H,3-4,9-10H2,1-2H3. The Morgan fingerprint density at radius 1 is 1.10 bits per heavy atom. The smallest absolute Gasteiger partial charge is 0.212 e. The number of aromatic nitrogens is 1. The third-order valence-electron chi connectivity index (χ3n) is 3.43. The van der Waals surface area contributed by atoms with Gasteiger partial charge < -0.3 is 4.55 Å². The van der Waals surface area contributed by atoms with Crippen LogP contribution in [0.2, 0.25) is 0 Å². The summed E-state index contributed by atoms with van der Waals surface area (Å²) < 4.78 is 34.0. The quantitative estimate of drug-likeness (QED) is 0.481. The van der Waals surface area contributed by atoms with Crippen molar-refractivity contribution in [1.29, 1.82) is 0 Å². The lowest BCUT2D eigenvalue weighted by atomic mass is 10.1. The fraction of sp³-hybridized carbons (Fsp3) is 0.400. The van der Waals surface area contributed by atoms with Gasteiger partial charge in [0.1, 0.15) is 6.54 Å². The van der Waals surface area contributed by atoms with Crippen LogP contribution in [0, 0.1) is 13.8 Å². The van der Waals surface area contributed by atoms with E-state index in [1.165, 1.54) is 10.9 Å². The molecule has 0 saturated carbocycles. The second-order valence-electron chi connectivity index (χ2n) is 5.16. The molecular weight excluding hydrogens is 274 g/mol. The molecule has 0 bridgehead atoms. The molecule has 0 fully saturated rings. The van der Waals surface area contributed by atoms with E-state index in [2.05, 4.69) is 41.8 Å². The fourth-order valence-electron chi connectivity index (χ4n) is 2.39. The van der Waals surface area contributed by atoms with Gasteiger partial charge >= 0.3 is 0 Å². The summed E-state index contributed by atoms with van der Waals surface area (Å²) in [5.74, 6) is -0.281. The van der Waals surface area contributed by atoms with E-state index in [1.54, 1.807) is 0 Å². The number of pyridine rings is 1. The molecule has 2 rings (SSSR count). The zero-order valence-electron chi connectivity index (χ0n) is 11.8. The molecule has 0 N–H and O–H groups in total. The minimum Gasteiger partial charge on any atom is -0.748 e. The summed E-state index contributed by atoms with van der Waals surface area (Å²) in [6.07, 6.45) is 1.08. The Labute approximate surface area is 119 Å². The van der Waals surface area contributed by atoms with Crippen LogP contribution in [0.5, 0.6) is 0 Å². The molecule has 0 amide bonds. The predicted octanol–water partition coefficient (Wildman–Crippen LogP) is 2.07. The molecule has 108 valence electrons. The second-order valence-corrected chi connectivity index (χ2v) is 6.68. The number of benzene rings is 1. The van der Waals surface area contributed by atoms with Crippen LogP contribution in [-0.2, 0) is 16.7 Å². The van der Waals surface area contributed by atoms with Crippen molar-refractivity contribution in [2.45, 2.75) is 33.2 Å². The van der Waals surface area contributed by atoms with Crippen molar-refractivity contribution >= 4 is 21.0 Å². The van der Waals surface area contributed by atoms with E-state index in [1.807, 2.05) is 6.92 Å². The van der Waals surface area contributed by atoms with Crippen molar-refractivity contribution in [3.8, 4) is 0 Å². The molecule has 0 saturated heterocycles. The third kappa shape index (κ3) is 3.77. The molecule has 5 heteroatoms. The largest absolute Gasteiger partial charge is 0.748 e. The summed E-state index contributed by atoms with van der Waals surface area (Å²) in [7, 11) is -4.10. The summed E-state index contributed by atoms with van der Waals surface area (Å²) in [6, 6.07) is 10.4. The molecule has 0 unspecified atom stereocenters. The van der Waals surface area contributed by atoms with Gasteiger partial charge in [0.25, 0.3) is 0 Å². The molecule has 0 spiro atoms. The van der Waals surface area contributed by atoms with E-state index in [0.29, 0.717) is 12.8 Å². The zero-order chi connectivity index (χ0) is 14.8. The Morgan fingerprint density at radius 2 is 1.85 bits per heavy atom. The number of nitrogens with zero attached hydrogens (tertiary/aromatic N) is 1. The first-order valence-electron chi connectivity index (χ1n) is 6.70. The lowest BCUT2D eigenvalue weighted by Crippen LogP contribution is -2.38. The van der Waals surface area contributed by atoms with E-state index in [4.69, 9.17) is 0 Å². The summed E-state index contributed by atoms with van der Waals surface area (Å²) in [6.45, 7) is 4.81. The van der Waals surface area contributed by atoms with Gasteiger partial charge in [-0.1, -0.05) is 11.6 Å². The molecule has 1 heterocycles. The van der Waals surface area contributed by atoms with Gasteiger partial charge in [0.15, 0.2) is 5.69 Å². The lowest BCUT2D eigenvalue weighted by Gasteiger charge is -2.07. The van der Waals surface area contributed by atoms with E-state index >= 15 is 0 Å². The number of hydrogen-bond acceptors (Lipinski definition) is 3. The normalized spacial score (nSPS) is 11.9. The number of unbranched alkanes of at least 4 members (excludes halogenated alkanes) is 1. The van der Waals surface area contributed by atoms with E-state index in [-0.39, 0.29) is 5.75 Å². The highest BCUT2D eigenvalue weighted by atomic mass is 32.2. The van der Waals surface area contributed by atoms with Crippen LogP contribution < -0.4 is 4.57 Å². The molecule has 0 aliphatic heterocycles. The lowest BCUT2D eigenvalue weighted by molar-refractivity contribution is -0.677. The van der Waals surface area contributed by atoms with Crippen LogP contribution in [-0.4, -0.2) is 18.7 Å². The molecule has 0 radical (unpaired) electrons. The molecule has 0 aliphatic carbocycles. The van der Waals surface area contributed by atoms with Crippen LogP contribution in [0.1, 0.15) is 24.1 Å². The molecule has 0 atom stereocenters. The van der Waals surface area contributed by atoms with Crippen molar-refractivity contribution in [2.75, 3.05) is 5.75 Å². The fourth-order valence-corrected chi connectivity index (χ4v) is 2.95. The number of fused-ring (bicyclic) bond motifs is 1. The van der Waals surface area contributed by atoms with Gasteiger partial charge in [-0.05, 0) is 25.5 Å². The highest BCUT2D eigenvalue weighted by molar-refractivity contribution is 7.85. The van der Waals surface area contributed by atoms with Crippen LogP contribution in [0.25, 0.3) is 10.9 Å². The first-order valence-corrected chi connectivity index (χ1v) is 8.28. The molecule has 0 aliphatic rings. The molecule has 20 heavy (non-hydrogen) atoms. The summed E-state index contributed by atoms with van der Waals surface area (Å²) in [4.78, 5) is 0. The Bertz CT molecular complexity index is 723. The molecule has 2 aromatic rings. The maximum atomic E-state index is 10.6. The first kappa shape index (κ1) is 14.9. The molecule has 4 nitrogen and oxygen atoms in total. The molecule has 1 aromatic heterocycles. The first-order chi connectivity index (χ1) is 9.37. The number of aryl methyl sites for hydroxylation is 3. The van der Waals surface area contributed by atoms with Crippen molar-refractivity contribution in [2.24, 2.45) is 0 Å². The third-order valence-corrected chi connectivity index (χ3v) is 4.22. The molecule has 1 aromatic carbocycles. The van der Waals surface area contributed by atoms with Gasteiger partial charge in [-0.2, -0.15) is 4.57 Å². The van der Waals surface area contributed by atoms with Crippen molar-refractivity contribution < 1.29 is 17.5 Å². The summed E-state index contributed by atoms with van der Waals surface area (Å²) in [5.41, 5.74) is 3.48. The number of rotatable bonds is 5. The van der Waals surface area contributed by atoms with Gasteiger partial charge in [0.2, 0.25) is 5.52 Å². The maximum absolute atomic E-state index is 10.6. The predicted molar refractivity (Wildman–Crippen MR) is 77.4 cm³/mol. The second kappa shape index (κ2) is 5.89. The summed E-state index contributed by atoms with van der Waals surface area (Å²) >= 11 is 0. The highest BCUT2D eigenvalue weighted by Crippen LogP contribution is 2.13. The van der Waals surface area contributed by atoms with Gasteiger partial charge in [-0.3, -0.25) is 0 Å². The van der Waals surface area contributed by atoms with Gasteiger partial charge in [0.05, 0.1) is 10.1 Å². The number of hydrogen-bond donors (Lipinski definition) is 0. The Kier molecular flexibility index (Phi) is 4.40. The Morgan fingerprint density at radius 3 is 2.55 bits per heavy atom. The topological polar surface area (TPSA) is 61.1 Å². The highest BCUT2D eigenvalue weighted by Gasteiger charge is 2.12. The minimum absolute atomic E-state index is 0.281. The van der Waals surface area contributed by atoms with Gasteiger partial charge in [-0.25, -0.2) is 8.42 Å². The average Bonchev–Trinajstić information content (AvgIpc) is 2.35. The van der Waals surface area contributed by atoms with E-state index in [9.17, 15) is 13.0 Å². The maximum Gasteiger partial charge on any atom is 0.212 e. The monoisotopic (exact) mass is 293 g/mol. The van der Waals surface area contributed by atoms with Gasteiger partial charge in [-0.15, -0.1) is 0 Å². The van der Waals surface area contributed by atoms with Crippen LogP contribution >= 0.6 is 0 Å². The van der Waals surface area contributed by atoms with E-state index in [0.717, 1.165) is 17.8 Å². The summed E-state index contributed by atoms with van der Waals surface area (Å²) in [5, 5.41) is 1.17. The van der Waals surface area contributed by atoms with Crippen molar-refractivity contribution in [3.63, 3.8) is 0 Å². The van der Waals surface area contributed by atoms with Gasteiger partial charge in [0, 0.05) is 36.6 Å². The van der Waals surface area contributed by atoms with E-state index < -0.39 is 10.1 Å². The van der Waals surface area contributed by atoms with Crippen molar-refractivity contribution in [3.05, 3.63) is 41.6 Å². The minimum atomic E-state index is -4.10. The molecular formula is C15H19NO3S. The average molecular weight is 293 g/mol. The Hall–Kier alpha value is -1.46.